The van der Waals surface area contributed by atoms with Crippen molar-refractivity contribution in [3.8, 4) is 11.5 Å². The molecule has 3 N–H and O–H groups in total. The second-order valence-electron chi connectivity index (χ2n) is 7.03. The lowest BCUT2D eigenvalue weighted by molar-refractivity contribution is -0.139. The van der Waals surface area contributed by atoms with E-state index in [1.165, 1.54) is 25.5 Å². The standard InChI is InChI=1S/C22H24ClN3O6/c1-13(2)20(25-21(29)15-5-4-6-16(23)10-15)22(30)26-24-11-14-7-8-17(18(9-14)31-3)32-12-19(27)28/h4-11,13,20H,12H2,1-3H3,(H,25,29)(H,26,30)(H,27,28)/b24-11+. The molecule has 2 amide bonds. The van der Waals surface area contributed by atoms with Gasteiger partial charge in [-0.1, -0.05) is 31.5 Å². The molecule has 0 bridgehead atoms. The number of benzene rings is 2. The Morgan fingerprint density at radius 2 is 1.91 bits per heavy atom. The van der Waals surface area contributed by atoms with E-state index in [2.05, 4.69) is 15.8 Å². The molecule has 2 rings (SSSR count). The topological polar surface area (TPSA) is 126 Å². The fraction of sp³-hybridized carbons (Fsp3) is 0.273. The van der Waals surface area contributed by atoms with Gasteiger partial charge in [-0.25, -0.2) is 10.2 Å². The van der Waals surface area contributed by atoms with E-state index in [4.69, 9.17) is 26.2 Å². The smallest absolute Gasteiger partial charge is 0.341 e. The molecule has 0 aromatic heterocycles. The van der Waals surface area contributed by atoms with Crippen LogP contribution in [0.3, 0.4) is 0 Å². The number of nitrogens with one attached hydrogen (secondary N) is 2. The molecule has 2 aromatic carbocycles. The monoisotopic (exact) mass is 461 g/mol. The Morgan fingerprint density at radius 1 is 1.16 bits per heavy atom. The molecule has 0 fully saturated rings. The van der Waals surface area contributed by atoms with Crippen molar-refractivity contribution in [2.45, 2.75) is 19.9 Å². The Morgan fingerprint density at radius 3 is 2.53 bits per heavy atom. The van der Waals surface area contributed by atoms with Crippen molar-refractivity contribution in [1.29, 1.82) is 0 Å². The predicted octanol–water partition coefficient (Wildman–Crippen LogP) is 2.72. The normalized spacial score (nSPS) is 11.8. The highest BCUT2D eigenvalue weighted by molar-refractivity contribution is 6.31. The number of carboxylic acid groups (broad SMARTS) is 1. The molecule has 170 valence electrons. The number of carbonyl (C=O) groups is 3. The van der Waals surface area contributed by atoms with Crippen molar-refractivity contribution in [2.24, 2.45) is 11.0 Å². The number of aliphatic carboxylic acids is 1. The minimum Gasteiger partial charge on any atom is -0.493 e. The number of rotatable bonds is 10. The molecule has 1 unspecified atom stereocenters. The number of amides is 2. The Balaban J connectivity index is 2.03. The third kappa shape index (κ3) is 7.28. The number of ether oxygens (including phenoxy) is 2. The fourth-order valence-corrected chi connectivity index (χ4v) is 2.84. The average molecular weight is 462 g/mol. The van der Waals surface area contributed by atoms with E-state index in [1.54, 1.807) is 44.2 Å². The third-order valence-electron chi connectivity index (χ3n) is 4.25. The molecular weight excluding hydrogens is 438 g/mol. The highest BCUT2D eigenvalue weighted by Crippen LogP contribution is 2.27. The minimum atomic E-state index is -1.11. The first kappa shape index (κ1) is 24.7. The average Bonchev–Trinajstić information content (AvgIpc) is 2.75. The van der Waals surface area contributed by atoms with Gasteiger partial charge in [0.1, 0.15) is 6.04 Å². The van der Waals surface area contributed by atoms with E-state index in [-0.39, 0.29) is 11.7 Å². The molecule has 10 heteroatoms. The number of halogens is 1. The Hall–Kier alpha value is -3.59. The van der Waals surface area contributed by atoms with E-state index < -0.39 is 30.4 Å². The van der Waals surface area contributed by atoms with E-state index in [9.17, 15) is 14.4 Å². The molecule has 0 aliphatic rings. The van der Waals surface area contributed by atoms with E-state index in [0.29, 0.717) is 21.9 Å². The molecule has 9 nitrogen and oxygen atoms in total. The molecule has 1 atom stereocenters. The van der Waals surface area contributed by atoms with Crippen LogP contribution in [0.1, 0.15) is 29.8 Å². The van der Waals surface area contributed by atoms with Crippen molar-refractivity contribution in [2.75, 3.05) is 13.7 Å². The van der Waals surface area contributed by atoms with Gasteiger partial charge in [-0.15, -0.1) is 0 Å². The van der Waals surface area contributed by atoms with Crippen LogP contribution in [-0.2, 0) is 9.59 Å². The van der Waals surface area contributed by atoms with Gasteiger partial charge in [0.25, 0.3) is 11.8 Å². The molecule has 0 spiro atoms. The summed E-state index contributed by atoms with van der Waals surface area (Å²) in [6.45, 7) is 3.09. The van der Waals surface area contributed by atoms with Gasteiger partial charge in [-0.2, -0.15) is 5.10 Å². The van der Waals surface area contributed by atoms with Gasteiger partial charge in [-0.3, -0.25) is 9.59 Å². The summed E-state index contributed by atoms with van der Waals surface area (Å²) in [7, 11) is 1.42. The quantitative estimate of drug-likeness (QED) is 0.369. The number of carbonyl (C=O) groups excluding carboxylic acids is 2. The third-order valence-corrected chi connectivity index (χ3v) is 4.48. The van der Waals surface area contributed by atoms with Gasteiger partial charge in [0.2, 0.25) is 0 Å². The van der Waals surface area contributed by atoms with Gasteiger partial charge in [0.05, 0.1) is 13.3 Å². The van der Waals surface area contributed by atoms with Crippen LogP contribution < -0.4 is 20.2 Å². The lowest BCUT2D eigenvalue weighted by Gasteiger charge is -2.20. The molecule has 2 aromatic rings. The number of carboxylic acids is 1. The maximum Gasteiger partial charge on any atom is 0.341 e. The van der Waals surface area contributed by atoms with Crippen molar-refractivity contribution < 1.29 is 29.0 Å². The number of hydrogen-bond acceptors (Lipinski definition) is 6. The van der Waals surface area contributed by atoms with Gasteiger partial charge in [0, 0.05) is 10.6 Å². The SMILES string of the molecule is COc1cc(/C=N/NC(=O)C(NC(=O)c2cccc(Cl)c2)C(C)C)ccc1OCC(=O)O. The van der Waals surface area contributed by atoms with Gasteiger partial charge in [0.15, 0.2) is 18.1 Å². The van der Waals surface area contributed by atoms with E-state index in [1.807, 2.05) is 0 Å². The van der Waals surface area contributed by atoms with Crippen LogP contribution in [-0.4, -0.2) is 48.9 Å². The first-order chi connectivity index (χ1) is 15.2. The first-order valence-corrected chi connectivity index (χ1v) is 10.0. The number of hydrogen-bond donors (Lipinski definition) is 3. The van der Waals surface area contributed by atoms with Crippen LogP contribution in [0.4, 0.5) is 0 Å². The lowest BCUT2D eigenvalue weighted by atomic mass is 10.0. The summed E-state index contributed by atoms with van der Waals surface area (Å²) < 4.78 is 10.3. The van der Waals surface area contributed by atoms with Crippen LogP contribution in [0.2, 0.25) is 5.02 Å². The van der Waals surface area contributed by atoms with Crippen LogP contribution in [0.15, 0.2) is 47.6 Å². The summed E-state index contributed by atoms with van der Waals surface area (Å²) in [5.74, 6) is -1.64. The molecule has 0 saturated carbocycles. The zero-order chi connectivity index (χ0) is 23.7. The molecule has 0 saturated heterocycles. The van der Waals surface area contributed by atoms with E-state index >= 15 is 0 Å². The molecule has 32 heavy (non-hydrogen) atoms. The minimum absolute atomic E-state index is 0.195. The Labute approximate surface area is 190 Å². The maximum absolute atomic E-state index is 12.6. The predicted molar refractivity (Wildman–Crippen MR) is 119 cm³/mol. The second kappa shape index (κ2) is 11.7. The summed E-state index contributed by atoms with van der Waals surface area (Å²) in [4.78, 5) is 35.7. The van der Waals surface area contributed by atoms with Gasteiger partial charge >= 0.3 is 5.97 Å². The summed E-state index contributed by atoms with van der Waals surface area (Å²) in [5, 5.41) is 15.8. The first-order valence-electron chi connectivity index (χ1n) is 9.63. The molecule has 0 aliphatic carbocycles. The molecule has 0 heterocycles. The van der Waals surface area contributed by atoms with Crippen LogP contribution in [0, 0.1) is 5.92 Å². The van der Waals surface area contributed by atoms with Crippen molar-refractivity contribution in [3.05, 3.63) is 58.6 Å². The molecule has 0 aliphatic heterocycles. The highest BCUT2D eigenvalue weighted by Gasteiger charge is 2.24. The summed E-state index contributed by atoms with van der Waals surface area (Å²) in [5.41, 5.74) is 3.33. The van der Waals surface area contributed by atoms with Crippen molar-refractivity contribution in [1.82, 2.24) is 10.7 Å². The van der Waals surface area contributed by atoms with Crippen LogP contribution >= 0.6 is 11.6 Å². The summed E-state index contributed by atoms with van der Waals surface area (Å²) in [6, 6.07) is 10.3. The Kier molecular flexibility index (Phi) is 9.03. The van der Waals surface area contributed by atoms with Crippen molar-refractivity contribution >= 4 is 35.6 Å². The number of nitrogens with zero attached hydrogens (tertiary/aromatic N) is 1. The lowest BCUT2D eigenvalue weighted by Crippen LogP contribution is -2.48. The Bertz CT molecular complexity index is 1010. The highest BCUT2D eigenvalue weighted by atomic mass is 35.5. The van der Waals surface area contributed by atoms with Gasteiger partial charge < -0.3 is 19.9 Å². The molecule has 0 radical (unpaired) electrons. The van der Waals surface area contributed by atoms with E-state index in [0.717, 1.165) is 0 Å². The summed E-state index contributed by atoms with van der Waals surface area (Å²) >= 11 is 5.92. The maximum atomic E-state index is 12.6. The summed E-state index contributed by atoms with van der Waals surface area (Å²) in [6.07, 6.45) is 1.39. The number of hydrazone groups is 1. The van der Waals surface area contributed by atoms with Crippen LogP contribution in [0.25, 0.3) is 0 Å². The zero-order valence-electron chi connectivity index (χ0n) is 17.8. The van der Waals surface area contributed by atoms with Crippen LogP contribution in [0.5, 0.6) is 11.5 Å². The van der Waals surface area contributed by atoms with Gasteiger partial charge in [-0.05, 0) is 47.9 Å². The second-order valence-corrected chi connectivity index (χ2v) is 7.47. The number of methoxy groups -OCH3 is 1. The van der Waals surface area contributed by atoms with Crippen molar-refractivity contribution in [3.63, 3.8) is 0 Å². The fourth-order valence-electron chi connectivity index (χ4n) is 2.65. The largest absolute Gasteiger partial charge is 0.493 e. The molecular formula is C22H24ClN3O6. The zero-order valence-corrected chi connectivity index (χ0v) is 18.6.